The molecule has 2 aromatic rings. The molecule has 2 atom stereocenters. The van der Waals surface area contributed by atoms with Gasteiger partial charge in [0.1, 0.15) is 0 Å². The molecular formula is C19H21NO2S. The van der Waals surface area contributed by atoms with E-state index < -0.39 is 10.0 Å². The highest BCUT2D eigenvalue weighted by molar-refractivity contribution is 7.89. The summed E-state index contributed by atoms with van der Waals surface area (Å²) in [7, 11) is -3.44. The third kappa shape index (κ3) is 2.41. The lowest BCUT2D eigenvalue weighted by Crippen LogP contribution is -2.41. The van der Waals surface area contributed by atoms with Crippen LogP contribution in [0.25, 0.3) is 0 Å². The average Bonchev–Trinajstić information content (AvgIpc) is 2.93. The molecule has 1 heterocycles. The van der Waals surface area contributed by atoms with E-state index >= 15 is 0 Å². The summed E-state index contributed by atoms with van der Waals surface area (Å²) in [5.74, 6) is 0.418. The Kier molecular flexibility index (Phi) is 3.54. The fourth-order valence-electron chi connectivity index (χ4n) is 4.07. The number of hydrogen-bond acceptors (Lipinski definition) is 2. The van der Waals surface area contributed by atoms with Crippen LogP contribution in [0.3, 0.4) is 0 Å². The predicted molar refractivity (Wildman–Crippen MR) is 90.7 cm³/mol. The van der Waals surface area contributed by atoms with E-state index in [0.717, 1.165) is 24.8 Å². The molecule has 0 bridgehead atoms. The number of benzene rings is 2. The van der Waals surface area contributed by atoms with Crippen molar-refractivity contribution in [1.82, 2.24) is 4.31 Å². The minimum atomic E-state index is -3.44. The number of fused-ring (bicyclic) bond motifs is 3. The maximum Gasteiger partial charge on any atom is 0.243 e. The first-order chi connectivity index (χ1) is 11.1. The number of nitrogens with zero attached hydrogens (tertiary/aromatic N) is 1. The molecule has 23 heavy (non-hydrogen) atoms. The average molecular weight is 327 g/mol. The van der Waals surface area contributed by atoms with Crippen LogP contribution in [0, 0.1) is 12.8 Å². The largest absolute Gasteiger partial charge is 0.243 e. The minimum absolute atomic E-state index is 0.00579. The van der Waals surface area contributed by atoms with Gasteiger partial charge >= 0.3 is 0 Å². The molecule has 0 amide bonds. The SMILES string of the molecule is Cc1ccc(S(=O)(=O)N2CCC[C@H]3Cc4ccccc4[C@H]32)cc1. The number of hydrogen-bond donors (Lipinski definition) is 0. The van der Waals surface area contributed by atoms with Gasteiger partial charge in [0.2, 0.25) is 10.0 Å². The van der Waals surface area contributed by atoms with E-state index in [9.17, 15) is 8.42 Å². The van der Waals surface area contributed by atoms with Crippen molar-refractivity contribution in [2.45, 2.75) is 37.1 Å². The zero-order valence-corrected chi connectivity index (χ0v) is 14.1. The summed E-state index contributed by atoms with van der Waals surface area (Å²) >= 11 is 0. The van der Waals surface area contributed by atoms with Crippen LogP contribution in [0.15, 0.2) is 53.4 Å². The molecule has 1 saturated heterocycles. The summed E-state index contributed by atoms with van der Waals surface area (Å²) in [4.78, 5) is 0.410. The second kappa shape index (κ2) is 5.46. The van der Waals surface area contributed by atoms with Crippen molar-refractivity contribution < 1.29 is 8.42 Å². The Morgan fingerprint density at radius 2 is 1.78 bits per heavy atom. The molecule has 2 aromatic carbocycles. The quantitative estimate of drug-likeness (QED) is 0.843. The van der Waals surface area contributed by atoms with Gasteiger partial charge in [-0.25, -0.2) is 8.42 Å². The van der Waals surface area contributed by atoms with Gasteiger partial charge in [0.15, 0.2) is 0 Å². The minimum Gasteiger partial charge on any atom is -0.207 e. The highest BCUT2D eigenvalue weighted by atomic mass is 32.2. The van der Waals surface area contributed by atoms with E-state index in [0.29, 0.717) is 17.4 Å². The van der Waals surface area contributed by atoms with Crippen molar-refractivity contribution in [3.05, 3.63) is 65.2 Å². The van der Waals surface area contributed by atoms with Crippen LogP contribution in [0.1, 0.15) is 35.6 Å². The summed E-state index contributed by atoms with van der Waals surface area (Å²) in [6.45, 7) is 2.59. The summed E-state index contributed by atoms with van der Waals surface area (Å²) in [6, 6.07) is 15.5. The maximum atomic E-state index is 13.2. The van der Waals surface area contributed by atoms with Gasteiger partial charge in [-0.15, -0.1) is 0 Å². The van der Waals surface area contributed by atoms with E-state index in [1.165, 1.54) is 11.1 Å². The summed E-state index contributed by atoms with van der Waals surface area (Å²) in [5.41, 5.74) is 3.59. The van der Waals surface area contributed by atoms with Gasteiger partial charge in [-0.1, -0.05) is 42.0 Å². The standard InChI is InChI=1S/C19H21NO2S/c1-14-8-10-17(11-9-14)23(21,22)20-12-4-6-16-13-15-5-2-3-7-18(15)19(16)20/h2-3,5,7-11,16,19H,4,6,12-13H2,1H3/t16-,19-/m0/s1. The van der Waals surface area contributed by atoms with Gasteiger partial charge in [-0.05, 0) is 55.4 Å². The van der Waals surface area contributed by atoms with E-state index in [2.05, 4.69) is 18.2 Å². The number of sulfonamides is 1. The molecule has 1 aliphatic carbocycles. The van der Waals surface area contributed by atoms with Crippen LogP contribution in [0.4, 0.5) is 0 Å². The summed E-state index contributed by atoms with van der Waals surface area (Å²) in [5, 5.41) is 0. The molecule has 4 heteroatoms. The Bertz CT molecular complexity index is 827. The van der Waals surface area contributed by atoms with Crippen molar-refractivity contribution in [2.24, 2.45) is 5.92 Å². The molecule has 1 aliphatic heterocycles. The Labute approximate surface area is 138 Å². The van der Waals surface area contributed by atoms with Crippen LogP contribution in [-0.4, -0.2) is 19.3 Å². The summed E-state index contributed by atoms with van der Waals surface area (Å²) < 4.78 is 28.1. The van der Waals surface area contributed by atoms with Crippen molar-refractivity contribution >= 4 is 10.0 Å². The van der Waals surface area contributed by atoms with Gasteiger partial charge in [0.25, 0.3) is 0 Å². The molecule has 1 fully saturated rings. The van der Waals surface area contributed by atoms with Crippen LogP contribution in [0.2, 0.25) is 0 Å². The second-order valence-corrected chi connectivity index (χ2v) is 8.57. The van der Waals surface area contributed by atoms with Crippen molar-refractivity contribution in [3.8, 4) is 0 Å². The normalized spacial score (nSPS) is 24.2. The van der Waals surface area contributed by atoms with E-state index in [1.54, 1.807) is 16.4 Å². The molecule has 4 rings (SSSR count). The molecule has 0 N–H and O–H groups in total. The van der Waals surface area contributed by atoms with Gasteiger partial charge in [-0.2, -0.15) is 4.31 Å². The Morgan fingerprint density at radius 3 is 2.57 bits per heavy atom. The molecule has 0 spiro atoms. The zero-order chi connectivity index (χ0) is 16.0. The Hall–Kier alpha value is -1.65. The first-order valence-electron chi connectivity index (χ1n) is 8.24. The van der Waals surface area contributed by atoms with Gasteiger partial charge in [0, 0.05) is 6.54 Å². The molecule has 0 saturated carbocycles. The van der Waals surface area contributed by atoms with E-state index in [-0.39, 0.29) is 6.04 Å². The third-order valence-corrected chi connectivity index (χ3v) is 7.09. The number of rotatable bonds is 2. The Balaban J connectivity index is 1.77. The Morgan fingerprint density at radius 1 is 1.04 bits per heavy atom. The van der Waals surface area contributed by atoms with Crippen LogP contribution in [0.5, 0.6) is 0 Å². The highest BCUT2D eigenvalue weighted by Gasteiger charge is 2.43. The first kappa shape index (κ1) is 14.9. The monoisotopic (exact) mass is 327 g/mol. The molecule has 3 nitrogen and oxygen atoms in total. The van der Waals surface area contributed by atoms with Gasteiger partial charge in [0.05, 0.1) is 10.9 Å². The van der Waals surface area contributed by atoms with Crippen molar-refractivity contribution in [3.63, 3.8) is 0 Å². The lowest BCUT2D eigenvalue weighted by atomic mass is 9.92. The lowest BCUT2D eigenvalue weighted by molar-refractivity contribution is 0.192. The molecule has 0 unspecified atom stereocenters. The van der Waals surface area contributed by atoms with Crippen molar-refractivity contribution in [2.75, 3.05) is 6.54 Å². The van der Waals surface area contributed by atoms with Gasteiger partial charge < -0.3 is 0 Å². The van der Waals surface area contributed by atoms with Crippen LogP contribution < -0.4 is 0 Å². The van der Waals surface area contributed by atoms with E-state index in [4.69, 9.17) is 0 Å². The maximum absolute atomic E-state index is 13.2. The predicted octanol–water partition coefficient (Wildman–Crippen LogP) is 3.69. The number of aryl methyl sites for hydroxylation is 1. The molecular weight excluding hydrogens is 306 g/mol. The lowest BCUT2D eigenvalue weighted by Gasteiger charge is -2.37. The van der Waals surface area contributed by atoms with Crippen LogP contribution >= 0.6 is 0 Å². The summed E-state index contributed by atoms with van der Waals surface area (Å²) in [6.07, 6.45) is 3.06. The smallest absolute Gasteiger partial charge is 0.207 e. The van der Waals surface area contributed by atoms with Crippen LogP contribution in [-0.2, 0) is 16.4 Å². The molecule has 0 aromatic heterocycles. The van der Waals surface area contributed by atoms with E-state index in [1.807, 2.05) is 25.1 Å². The molecule has 0 radical (unpaired) electrons. The molecule has 2 aliphatic rings. The van der Waals surface area contributed by atoms with Gasteiger partial charge in [-0.3, -0.25) is 0 Å². The van der Waals surface area contributed by atoms with Crippen molar-refractivity contribution in [1.29, 1.82) is 0 Å². The molecule has 120 valence electrons. The number of piperidine rings is 1. The second-order valence-electron chi connectivity index (χ2n) is 6.68. The first-order valence-corrected chi connectivity index (χ1v) is 9.68. The fraction of sp³-hybridized carbons (Fsp3) is 0.368. The third-order valence-electron chi connectivity index (χ3n) is 5.19. The highest BCUT2D eigenvalue weighted by Crippen LogP contribution is 2.47. The zero-order valence-electron chi connectivity index (χ0n) is 13.3. The fourth-order valence-corrected chi connectivity index (χ4v) is 5.78. The topological polar surface area (TPSA) is 37.4 Å².